The zero-order chi connectivity index (χ0) is 15.1. The van der Waals surface area contributed by atoms with E-state index in [-0.39, 0.29) is 0 Å². The molecule has 4 rings (SSSR count). The minimum absolute atomic E-state index is 0.563. The summed E-state index contributed by atoms with van der Waals surface area (Å²) in [7, 11) is 0. The van der Waals surface area contributed by atoms with Crippen LogP contribution in [-0.2, 0) is 0 Å². The SMILES string of the molecule is Cc1ncccc1Nc1ncc2c(n1)N1CCN=C1C(Br)=C2. The number of fused-ring (bicyclic) bond motifs is 3. The lowest BCUT2D eigenvalue weighted by Gasteiger charge is -2.25. The van der Waals surface area contributed by atoms with Crippen molar-refractivity contribution >= 4 is 45.3 Å². The number of rotatable bonds is 2. The van der Waals surface area contributed by atoms with Crippen LogP contribution in [0.15, 0.2) is 34.0 Å². The van der Waals surface area contributed by atoms with Crippen LogP contribution in [0, 0.1) is 6.92 Å². The lowest BCUT2D eigenvalue weighted by molar-refractivity contribution is 0.985. The normalized spacial score (nSPS) is 15.8. The fourth-order valence-electron chi connectivity index (χ4n) is 2.56. The highest BCUT2D eigenvalue weighted by molar-refractivity contribution is 9.12. The van der Waals surface area contributed by atoms with E-state index in [1.54, 1.807) is 6.20 Å². The van der Waals surface area contributed by atoms with E-state index in [0.29, 0.717) is 5.95 Å². The molecule has 22 heavy (non-hydrogen) atoms. The van der Waals surface area contributed by atoms with Crippen molar-refractivity contribution in [2.75, 3.05) is 23.3 Å². The molecule has 1 N–H and O–H groups in total. The third-order valence-corrected chi connectivity index (χ3v) is 4.23. The molecule has 2 aliphatic heterocycles. The summed E-state index contributed by atoms with van der Waals surface area (Å²) in [5.41, 5.74) is 2.81. The average Bonchev–Trinajstić information content (AvgIpc) is 3.01. The van der Waals surface area contributed by atoms with Gasteiger partial charge in [-0.1, -0.05) is 0 Å². The van der Waals surface area contributed by atoms with Gasteiger partial charge >= 0.3 is 0 Å². The third-order valence-electron chi connectivity index (χ3n) is 3.64. The molecule has 0 spiro atoms. The Morgan fingerprint density at radius 3 is 3.09 bits per heavy atom. The highest BCUT2D eigenvalue weighted by Crippen LogP contribution is 2.33. The Labute approximate surface area is 136 Å². The summed E-state index contributed by atoms with van der Waals surface area (Å²) >= 11 is 3.56. The van der Waals surface area contributed by atoms with Crippen molar-refractivity contribution in [3.63, 3.8) is 0 Å². The van der Waals surface area contributed by atoms with E-state index in [9.17, 15) is 0 Å². The summed E-state index contributed by atoms with van der Waals surface area (Å²) in [6, 6.07) is 3.85. The van der Waals surface area contributed by atoms with Crippen molar-refractivity contribution in [3.8, 4) is 0 Å². The maximum absolute atomic E-state index is 4.66. The van der Waals surface area contributed by atoms with Gasteiger partial charge in [-0.2, -0.15) is 4.98 Å². The second kappa shape index (κ2) is 5.17. The van der Waals surface area contributed by atoms with E-state index in [1.807, 2.05) is 31.3 Å². The van der Waals surface area contributed by atoms with Crippen LogP contribution in [0.25, 0.3) is 6.08 Å². The molecule has 2 aromatic heterocycles. The van der Waals surface area contributed by atoms with Crippen LogP contribution >= 0.6 is 15.9 Å². The molecule has 0 atom stereocenters. The first kappa shape index (κ1) is 13.4. The van der Waals surface area contributed by atoms with Crippen LogP contribution in [0.1, 0.15) is 11.3 Å². The van der Waals surface area contributed by atoms with Crippen molar-refractivity contribution in [1.82, 2.24) is 15.0 Å². The summed E-state index contributed by atoms with van der Waals surface area (Å²) < 4.78 is 0.977. The Morgan fingerprint density at radius 1 is 1.32 bits per heavy atom. The Balaban J connectivity index is 1.72. The topological polar surface area (TPSA) is 66.3 Å². The number of anilines is 3. The first-order valence-electron chi connectivity index (χ1n) is 6.97. The number of nitrogens with zero attached hydrogens (tertiary/aromatic N) is 5. The van der Waals surface area contributed by atoms with Gasteiger partial charge in [-0.05, 0) is 41.1 Å². The molecule has 0 fully saturated rings. The summed E-state index contributed by atoms with van der Waals surface area (Å²) in [4.78, 5) is 19.9. The van der Waals surface area contributed by atoms with Crippen molar-refractivity contribution in [2.45, 2.75) is 6.92 Å². The first-order chi connectivity index (χ1) is 10.7. The van der Waals surface area contributed by atoms with Gasteiger partial charge in [0, 0.05) is 24.5 Å². The summed E-state index contributed by atoms with van der Waals surface area (Å²) in [6.45, 7) is 3.58. The molecule has 0 aliphatic carbocycles. The zero-order valence-corrected chi connectivity index (χ0v) is 13.5. The van der Waals surface area contributed by atoms with Crippen molar-refractivity contribution in [3.05, 3.63) is 40.3 Å². The summed E-state index contributed by atoms with van der Waals surface area (Å²) in [5, 5.41) is 3.23. The van der Waals surface area contributed by atoms with Gasteiger partial charge in [-0.3, -0.25) is 9.98 Å². The molecule has 2 aliphatic rings. The zero-order valence-electron chi connectivity index (χ0n) is 11.9. The molecule has 6 nitrogen and oxygen atoms in total. The summed E-state index contributed by atoms with van der Waals surface area (Å²) in [5.74, 6) is 2.39. The van der Waals surface area contributed by atoms with E-state index in [2.05, 4.69) is 46.1 Å². The standard InChI is InChI=1S/C15H13BrN6/c1-9-12(3-2-4-17-9)20-15-19-8-10-7-11(16)14-18-5-6-22(14)13(10)21-15/h2-4,7-8H,5-6H2,1H3,(H,19,20,21). The second-order valence-electron chi connectivity index (χ2n) is 5.08. The molecule has 0 radical (unpaired) electrons. The van der Waals surface area contributed by atoms with E-state index >= 15 is 0 Å². The lowest BCUT2D eigenvalue weighted by atomic mass is 10.2. The fourth-order valence-corrected chi connectivity index (χ4v) is 3.14. The van der Waals surface area contributed by atoms with Gasteiger partial charge in [-0.15, -0.1) is 0 Å². The van der Waals surface area contributed by atoms with Gasteiger partial charge in [0.2, 0.25) is 5.95 Å². The fraction of sp³-hybridized carbons (Fsp3) is 0.200. The number of aromatic nitrogens is 3. The minimum Gasteiger partial charge on any atom is -0.323 e. The number of pyridine rings is 1. The Hall–Kier alpha value is -2.28. The van der Waals surface area contributed by atoms with Crippen LogP contribution < -0.4 is 10.2 Å². The van der Waals surface area contributed by atoms with E-state index in [4.69, 9.17) is 0 Å². The number of hydrogen-bond donors (Lipinski definition) is 1. The molecular formula is C15H13BrN6. The maximum Gasteiger partial charge on any atom is 0.229 e. The molecule has 7 heteroatoms. The van der Waals surface area contributed by atoms with Crippen molar-refractivity contribution in [2.24, 2.45) is 4.99 Å². The number of aliphatic imine (C=N–C) groups is 1. The largest absolute Gasteiger partial charge is 0.323 e. The van der Waals surface area contributed by atoms with Gasteiger partial charge < -0.3 is 10.2 Å². The van der Waals surface area contributed by atoms with E-state index in [0.717, 1.165) is 46.2 Å². The number of halogens is 1. The van der Waals surface area contributed by atoms with Gasteiger partial charge in [0.25, 0.3) is 0 Å². The molecule has 0 saturated carbocycles. The number of aryl methyl sites for hydroxylation is 1. The predicted molar refractivity (Wildman–Crippen MR) is 90.8 cm³/mol. The monoisotopic (exact) mass is 356 g/mol. The van der Waals surface area contributed by atoms with Crippen LogP contribution in [0.2, 0.25) is 0 Å². The molecule has 0 aromatic carbocycles. The number of hydrogen-bond acceptors (Lipinski definition) is 6. The molecule has 2 aromatic rings. The van der Waals surface area contributed by atoms with Crippen LogP contribution in [0.3, 0.4) is 0 Å². The highest BCUT2D eigenvalue weighted by Gasteiger charge is 2.28. The van der Waals surface area contributed by atoms with Gasteiger partial charge in [0.15, 0.2) is 0 Å². The summed E-state index contributed by atoms with van der Waals surface area (Å²) in [6.07, 6.45) is 5.60. The van der Waals surface area contributed by atoms with Crippen LogP contribution in [-0.4, -0.2) is 33.9 Å². The Kier molecular flexibility index (Phi) is 3.15. The van der Waals surface area contributed by atoms with E-state index < -0.39 is 0 Å². The van der Waals surface area contributed by atoms with Crippen LogP contribution in [0.5, 0.6) is 0 Å². The number of nitrogens with one attached hydrogen (secondary N) is 1. The second-order valence-corrected chi connectivity index (χ2v) is 5.94. The quantitative estimate of drug-likeness (QED) is 0.895. The maximum atomic E-state index is 4.66. The lowest BCUT2D eigenvalue weighted by Crippen LogP contribution is -2.31. The minimum atomic E-state index is 0.563. The third kappa shape index (κ3) is 2.18. The molecule has 0 unspecified atom stereocenters. The number of amidine groups is 1. The molecule has 4 heterocycles. The molecule has 0 saturated heterocycles. The van der Waals surface area contributed by atoms with E-state index in [1.165, 1.54) is 0 Å². The molecular weight excluding hydrogens is 344 g/mol. The predicted octanol–water partition coefficient (Wildman–Crippen LogP) is 2.89. The molecule has 0 bridgehead atoms. The molecule has 110 valence electrons. The Morgan fingerprint density at radius 2 is 2.23 bits per heavy atom. The highest BCUT2D eigenvalue weighted by atomic mass is 79.9. The van der Waals surface area contributed by atoms with Crippen molar-refractivity contribution < 1.29 is 0 Å². The smallest absolute Gasteiger partial charge is 0.229 e. The average molecular weight is 357 g/mol. The van der Waals surface area contributed by atoms with Crippen molar-refractivity contribution in [1.29, 1.82) is 0 Å². The van der Waals surface area contributed by atoms with Crippen LogP contribution in [0.4, 0.5) is 17.5 Å². The van der Waals surface area contributed by atoms with Gasteiger partial charge in [0.1, 0.15) is 11.7 Å². The first-order valence-corrected chi connectivity index (χ1v) is 7.77. The Bertz CT molecular complexity index is 813. The van der Waals surface area contributed by atoms with Gasteiger partial charge in [-0.25, -0.2) is 4.98 Å². The van der Waals surface area contributed by atoms with Gasteiger partial charge in [0.05, 0.1) is 22.4 Å². The molecule has 0 amide bonds.